The van der Waals surface area contributed by atoms with Crippen LogP contribution in [0, 0.1) is 0 Å². The Morgan fingerprint density at radius 3 is 2.83 bits per heavy atom. The van der Waals surface area contributed by atoms with E-state index in [1.54, 1.807) is 30.3 Å². The summed E-state index contributed by atoms with van der Waals surface area (Å²) in [5.41, 5.74) is 0.940. The lowest BCUT2D eigenvalue weighted by atomic mass is 10.2. The van der Waals surface area contributed by atoms with Crippen molar-refractivity contribution >= 4 is 17.5 Å². The Balaban J connectivity index is 1.43. The van der Waals surface area contributed by atoms with Gasteiger partial charge >= 0.3 is 0 Å². The fourth-order valence-electron chi connectivity index (χ4n) is 2.94. The van der Waals surface area contributed by atoms with E-state index >= 15 is 0 Å². The number of nitrogens with one attached hydrogen (secondary N) is 2. The average Bonchev–Trinajstić information content (AvgIpc) is 3.42. The molecular weight excluding hydrogens is 374 g/mol. The molecule has 1 aliphatic heterocycles. The van der Waals surface area contributed by atoms with Crippen LogP contribution in [0.2, 0.25) is 0 Å². The van der Waals surface area contributed by atoms with Crippen LogP contribution in [0.4, 0.5) is 5.69 Å². The lowest BCUT2D eigenvalue weighted by Gasteiger charge is -2.09. The molecular formula is C21H27N3O5. The normalized spacial score (nSPS) is 15.8. The summed E-state index contributed by atoms with van der Waals surface area (Å²) in [4.78, 5) is 23.9. The molecule has 1 saturated heterocycles. The quantitative estimate of drug-likeness (QED) is 0.633. The monoisotopic (exact) mass is 401 g/mol. The van der Waals surface area contributed by atoms with Crippen molar-refractivity contribution in [3.05, 3.63) is 41.8 Å². The van der Waals surface area contributed by atoms with E-state index in [1.807, 2.05) is 0 Å². The fourth-order valence-corrected chi connectivity index (χ4v) is 2.94. The molecule has 1 aromatic carbocycles. The minimum Gasteiger partial charge on any atom is -0.486 e. The first-order valence-electron chi connectivity index (χ1n) is 10.0. The minimum absolute atomic E-state index is 0.00692. The summed E-state index contributed by atoms with van der Waals surface area (Å²) < 4.78 is 16.3. The Hall–Kier alpha value is -2.87. The van der Waals surface area contributed by atoms with E-state index in [1.165, 1.54) is 0 Å². The maximum atomic E-state index is 12.1. The lowest BCUT2D eigenvalue weighted by molar-refractivity contribution is -0.116. The van der Waals surface area contributed by atoms with Gasteiger partial charge in [0.1, 0.15) is 12.4 Å². The van der Waals surface area contributed by atoms with Crippen molar-refractivity contribution in [2.24, 2.45) is 0 Å². The van der Waals surface area contributed by atoms with E-state index in [9.17, 15) is 9.59 Å². The number of hydrogen-bond acceptors (Lipinski definition) is 6. The van der Waals surface area contributed by atoms with Gasteiger partial charge in [0.15, 0.2) is 11.5 Å². The van der Waals surface area contributed by atoms with Crippen LogP contribution >= 0.6 is 0 Å². The van der Waals surface area contributed by atoms with Crippen LogP contribution in [0.15, 0.2) is 34.9 Å². The van der Waals surface area contributed by atoms with Gasteiger partial charge in [-0.2, -0.15) is 0 Å². The van der Waals surface area contributed by atoms with Gasteiger partial charge in [-0.15, -0.1) is 0 Å². The molecule has 0 aliphatic carbocycles. The molecule has 0 saturated carbocycles. The first-order valence-corrected chi connectivity index (χ1v) is 10.0. The van der Waals surface area contributed by atoms with Crippen molar-refractivity contribution < 1.29 is 23.6 Å². The number of hydrogen-bond donors (Lipinski definition) is 2. The highest BCUT2D eigenvalue weighted by Gasteiger charge is 2.18. The molecule has 1 fully saturated rings. The summed E-state index contributed by atoms with van der Waals surface area (Å²) in [6.07, 6.45) is 4.44. The van der Waals surface area contributed by atoms with Gasteiger partial charge in [0.25, 0.3) is 5.91 Å². The summed E-state index contributed by atoms with van der Waals surface area (Å²) in [6, 6.07) is 8.66. The minimum atomic E-state index is -0.293. The number of nitrogens with zero attached hydrogens (tertiary/aromatic N) is 1. The van der Waals surface area contributed by atoms with Crippen LogP contribution in [0.3, 0.4) is 0 Å². The molecule has 2 amide bonds. The van der Waals surface area contributed by atoms with Gasteiger partial charge in [-0.1, -0.05) is 18.5 Å². The number of carbonyl (C=O) groups is 2. The molecule has 0 unspecified atom stereocenters. The van der Waals surface area contributed by atoms with Gasteiger partial charge in [-0.25, -0.2) is 0 Å². The topological polar surface area (TPSA) is 103 Å². The van der Waals surface area contributed by atoms with Crippen LogP contribution in [-0.2, 0) is 16.1 Å². The number of anilines is 1. The molecule has 2 heterocycles. The molecule has 2 N–H and O–H groups in total. The van der Waals surface area contributed by atoms with Gasteiger partial charge in [-0.05, 0) is 43.5 Å². The largest absolute Gasteiger partial charge is 0.486 e. The Labute approximate surface area is 169 Å². The molecule has 1 aromatic heterocycles. The number of rotatable bonds is 10. The molecule has 29 heavy (non-hydrogen) atoms. The molecule has 0 bridgehead atoms. The lowest BCUT2D eigenvalue weighted by Crippen LogP contribution is -2.31. The maximum absolute atomic E-state index is 12.1. The van der Waals surface area contributed by atoms with E-state index in [0.717, 1.165) is 38.0 Å². The third kappa shape index (κ3) is 6.60. The summed E-state index contributed by atoms with van der Waals surface area (Å²) >= 11 is 0. The van der Waals surface area contributed by atoms with E-state index in [0.29, 0.717) is 24.5 Å². The molecule has 8 nitrogen and oxygen atoms in total. The summed E-state index contributed by atoms with van der Waals surface area (Å²) in [5, 5.41) is 9.44. The Morgan fingerprint density at radius 1 is 1.28 bits per heavy atom. The van der Waals surface area contributed by atoms with E-state index in [-0.39, 0.29) is 30.2 Å². The van der Waals surface area contributed by atoms with Crippen molar-refractivity contribution in [1.29, 1.82) is 0 Å². The molecule has 1 aliphatic rings. The van der Waals surface area contributed by atoms with Crippen LogP contribution in [0.1, 0.15) is 55.3 Å². The highest BCUT2D eigenvalue weighted by molar-refractivity contribution is 5.92. The van der Waals surface area contributed by atoms with Gasteiger partial charge in [-0.3, -0.25) is 9.59 Å². The Morgan fingerprint density at radius 2 is 2.10 bits per heavy atom. The Bertz CT molecular complexity index is 797. The van der Waals surface area contributed by atoms with Gasteiger partial charge < -0.3 is 24.6 Å². The van der Waals surface area contributed by atoms with Crippen LogP contribution < -0.4 is 15.4 Å². The first kappa shape index (κ1) is 20.9. The highest BCUT2D eigenvalue weighted by atomic mass is 16.5. The molecule has 1 atom stereocenters. The van der Waals surface area contributed by atoms with Crippen molar-refractivity contribution in [3.8, 4) is 5.75 Å². The zero-order valence-corrected chi connectivity index (χ0v) is 16.6. The molecule has 8 heteroatoms. The van der Waals surface area contributed by atoms with Gasteiger partial charge in [0.2, 0.25) is 5.91 Å². The van der Waals surface area contributed by atoms with Crippen LogP contribution in [0.5, 0.6) is 5.75 Å². The number of unbranched alkanes of at least 4 members (excludes halogenated alkanes) is 1. The zero-order valence-electron chi connectivity index (χ0n) is 16.6. The third-order valence-electron chi connectivity index (χ3n) is 4.58. The van der Waals surface area contributed by atoms with Gasteiger partial charge in [0, 0.05) is 31.3 Å². The number of amides is 2. The SMILES string of the molecule is CCCCC(=O)Nc1ccc(OCc2cc(C(=O)NC[C@@H]3CCCO3)no2)cc1. The van der Waals surface area contributed by atoms with E-state index in [2.05, 4.69) is 22.7 Å². The Kier molecular flexibility index (Phi) is 7.63. The highest BCUT2D eigenvalue weighted by Crippen LogP contribution is 2.18. The van der Waals surface area contributed by atoms with Crippen LogP contribution in [-0.4, -0.2) is 36.2 Å². The average molecular weight is 401 g/mol. The van der Waals surface area contributed by atoms with E-state index < -0.39 is 0 Å². The summed E-state index contributed by atoms with van der Waals surface area (Å²) in [6.45, 7) is 3.42. The number of aromatic nitrogens is 1. The molecule has 0 radical (unpaired) electrons. The van der Waals surface area contributed by atoms with Crippen molar-refractivity contribution in [2.75, 3.05) is 18.5 Å². The van der Waals surface area contributed by atoms with Crippen molar-refractivity contribution in [2.45, 2.75) is 51.7 Å². The van der Waals surface area contributed by atoms with Crippen LogP contribution in [0.25, 0.3) is 0 Å². The standard InChI is InChI=1S/C21H27N3O5/c1-2-3-6-20(25)23-15-7-9-16(10-8-15)28-14-18-12-19(24-29-18)21(26)22-13-17-5-4-11-27-17/h7-10,12,17H,2-6,11,13-14H2,1H3,(H,22,26)(H,23,25)/t17-/m0/s1. The fraction of sp³-hybridized carbons (Fsp3) is 0.476. The summed E-state index contributed by atoms with van der Waals surface area (Å²) in [5.74, 6) is 0.785. The second-order valence-corrected chi connectivity index (χ2v) is 6.99. The second-order valence-electron chi connectivity index (χ2n) is 6.99. The van der Waals surface area contributed by atoms with E-state index in [4.69, 9.17) is 14.0 Å². The second kappa shape index (κ2) is 10.6. The molecule has 156 valence electrons. The van der Waals surface area contributed by atoms with Crippen molar-refractivity contribution in [1.82, 2.24) is 10.5 Å². The predicted molar refractivity (Wildman–Crippen MR) is 107 cm³/mol. The zero-order chi connectivity index (χ0) is 20.5. The molecule has 0 spiro atoms. The van der Waals surface area contributed by atoms with Crippen molar-refractivity contribution in [3.63, 3.8) is 0 Å². The molecule has 3 rings (SSSR count). The number of benzene rings is 1. The maximum Gasteiger partial charge on any atom is 0.273 e. The smallest absolute Gasteiger partial charge is 0.273 e. The third-order valence-corrected chi connectivity index (χ3v) is 4.58. The number of ether oxygens (including phenoxy) is 2. The molecule has 2 aromatic rings. The first-order chi connectivity index (χ1) is 14.1. The summed E-state index contributed by atoms with van der Waals surface area (Å²) in [7, 11) is 0. The number of carbonyl (C=O) groups excluding carboxylic acids is 2. The predicted octanol–water partition coefficient (Wildman–Crippen LogP) is 3.29. The van der Waals surface area contributed by atoms with Gasteiger partial charge in [0.05, 0.1) is 6.10 Å².